The monoisotopic (exact) mass is 298 g/mol. The molecule has 0 aromatic rings. The number of hydrogen-bond acceptors (Lipinski definition) is 4. The van der Waals surface area contributed by atoms with Crippen LogP contribution in [0.3, 0.4) is 0 Å². The average Bonchev–Trinajstić information content (AvgIpc) is 2.87. The number of alkyl carbamates (subject to hydrolysis) is 1. The Balaban J connectivity index is 1.68. The van der Waals surface area contributed by atoms with Crippen LogP contribution >= 0.6 is 0 Å². The number of ether oxygens (including phenoxy) is 2. The SMILES string of the molecule is CC(C)(C)OC(=O)NC1CCCC(NCC2CCCO2)C1. The minimum atomic E-state index is -0.434. The van der Waals surface area contributed by atoms with Crippen LogP contribution in [0.4, 0.5) is 4.79 Å². The Morgan fingerprint density at radius 2 is 1.95 bits per heavy atom. The topological polar surface area (TPSA) is 59.6 Å². The first-order valence-electron chi connectivity index (χ1n) is 8.27. The molecule has 3 atom stereocenters. The van der Waals surface area contributed by atoms with E-state index in [9.17, 15) is 4.79 Å². The van der Waals surface area contributed by atoms with Gasteiger partial charge >= 0.3 is 6.09 Å². The summed E-state index contributed by atoms with van der Waals surface area (Å²) in [6, 6.07) is 0.693. The van der Waals surface area contributed by atoms with Crippen molar-refractivity contribution in [3.05, 3.63) is 0 Å². The van der Waals surface area contributed by atoms with Crippen molar-refractivity contribution in [3.8, 4) is 0 Å². The number of amides is 1. The molecule has 0 bridgehead atoms. The zero-order chi connectivity index (χ0) is 15.3. The first kappa shape index (κ1) is 16.6. The van der Waals surface area contributed by atoms with Crippen LogP contribution in [0.15, 0.2) is 0 Å². The molecule has 0 aromatic heterocycles. The van der Waals surface area contributed by atoms with E-state index in [-0.39, 0.29) is 12.1 Å². The quantitative estimate of drug-likeness (QED) is 0.837. The summed E-state index contributed by atoms with van der Waals surface area (Å²) in [5.74, 6) is 0. The Labute approximate surface area is 128 Å². The summed E-state index contributed by atoms with van der Waals surface area (Å²) in [4.78, 5) is 11.8. The zero-order valence-corrected chi connectivity index (χ0v) is 13.6. The molecule has 1 heterocycles. The predicted octanol–water partition coefficient (Wildman–Crippen LogP) is 2.59. The van der Waals surface area contributed by atoms with Gasteiger partial charge in [0.25, 0.3) is 0 Å². The van der Waals surface area contributed by atoms with Crippen molar-refractivity contribution in [2.45, 2.75) is 83.1 Å². The van der Waals surface area contributed by atoms with Crippen molar-refractivity contribution >= 4 is 6.09 Å². The van der Waals surface area contributed by atoms with Crippen LogP contribution in [0.2, 0.25) is 0 Å². The molecule has 1 aliphatic carbocycles. The third-order valence-electron chi connectivity index (χ3n) is 4.05. The van der Waals surface area contributed by atoms with E-state index in [0.717, 1.165) is 32.4 Å². The molecule has 0 aromatic carbocycles. The summed E-state index contributed by atoms with van der Waals surface area (Å²) in [6.45, 7) is 7.50. The molecule has 2 aliphatic rings. The Hall–Kier alpha value is -0.810. The molecule has 5 nitrogen and oxygen atoms in total. The van der Waals surface area contributed by atoms with Gasteiger partial charge in [-0.25, -0.2) is 4.79 Å². The molecule has 21 heavy (non-hydrogen) atoms. The number of nitrogens with one attached hydrogen (secondary N) is 2. The fraction of sp³-hybridized carbons (Fsp3) is 0.938. The third kappa shape index (κ3) is 6.22. The van der Waals surface area contributed by atoms with Crippen molar-refractivity contribution < 1.29 is 14.3 Å². The van der Waals surface area contributed by atoms with Crippen LogP contribution in [0.5, 0.6) is 0 Å². The van der Waals surface area contributed by atoms with E-state index < -0.39 is 5.60 Å². The summed E-state index contributed by atoms with van der Waals surface area (Å²) in [5, 5.41) is 6.60. The van der Waals surface area contributed by atoms with Crippen LogP contribution in [-0.2, 0) is 9.47 Å². The minimum Gasteiger partial charge on any atom is -0.444 e. The van der Waals surface area contributed by atoms with Crippen LogP contribution in [-0.4, -0.2) is 43.0 Å². The summed E-state index contributed by atoms with van der Waals surface area (Å²) in [5.41, 5.74) is -0.434. The Morgan fingerprint density at radius 3 is 2.62 bits per heavy atom. The van der Waals surface area contributed by atoms with E-state index in [0.29, 0.717) is 12.1 Å². The number of rotatable bonds is 4. The molecular weight excluding hydrogens is 268 g/mol. The molecule has 1 saturated heterocycles. The van der Waals surface area contributed by atoms with E-state index >= 15 is 0 Å². The lowest BCUT2D eigenvalue weighted by molar-refractivity contribution is 0.0486. The van der Waals surface area contributed by atoms with E-state index in [1.165, 1.54) is 19.3 Å². The van der Waals surface area contributed by atoms with Gasteiger partial charge in [-0.1, -0.05) is 0 Å². The highest BCUT2D eigenvalue weighted by Gasteiger charge is 2.26. The molecule has 0 radical (unpaired) electrons. The fourth-order valence-corrected chi connectivity index (χ4v) is 3.08. The molecular formula is C16H30N2O3. The van der Waals surface area contributed by atoms with Crippen molar-refractivity contribution in [2.75, 3.05) is 13.2 Å². The molecule has 122 valence electrons. The van der Waals surface area contributed by atoms with Crippen molar-refractivity contribution in [2.24, 2.45) is 0 Å². The molecule has 1 amide bonds. The first-order valence-corrected chi connectivity index (χ1v) is 8.27. The standard InChI is InChI=1S/C16H30N2O3/c1-16(2,3)21-15(19)18-13-7-4-6-12(10-13)17-11-14-8-5-9-20-14/h12-14,17H,4-11H2,1-3H3,(H,18,19). The Bertz CT molecular complexity index is 335. The highest BCUT2D eigenvalue weighted by atomic mass is 16.6. The van der Waals surface area contributed by atoms with Gasteiger partial charge in [0.2, 0.25) is 0 Å². The van der Waals surface area contributed by atoms with E-state index in [4.69, 9.17) is 9.47 Å². The second kappa shape index (κ2) is 7.45. The highest BCUT2D eigenvalue weighted by molar-refractivity contribution is 5.68. The molecule has 1 aliphatic heterocycles. The van der Waals surface area contributed by atoms with Crippen LogP contribution in [0.1, 0.15) is 59.3 Å². The van der Waals surface area contributed by atoms with Crippen molar-refractivity contribution in [1.29, 1.82) is 0 Å². The smallest absolute Gasteiger partial charge is 0.407 e. The maximum Gasteiger partial charge on any atom is 0.407 e. The van der Waals surface area contributed by atoms with Crippen LogP contribution in [0, 0.1) is 0 Å². The maximum absolute atomic E-state index is 11.8. The third-order valence-corrected chi connectivity index (χ3v) is 4.05. The molecule has 2 rings (SSSR count). The highest BCUT2D eigenvalue weighted by Crippen LogP contribution is 2.20. The molecule has 3 unspecified atom stereocenters. The number of carbonyl (C=O) groups excluding carboxylic acids is 1. The fourth-order valence-electron chi connectivity index (χ4n) is 3.08. The lowest BCUT2D eigenvalue weighted by Gasteiger charge is -2.31. The Kier molecular flexibility index (Phi) is 5.88. The second-order valence-corrected chi connectivity index (χ2v) is 7.25. The van der Waals surface area contributed by atoms with Gasteiger partial charge in [0.1, 0.15) is 5.60 Å². The van der Waals surface area contributed by atoms with Gasteiger partial charge in [-0.2, -0.15) is 0 Å². The van der Waals surface area contributed by atoms with Gasteiger partial charge in [0.15, 0.2) is 0 Å². The summed E-state index contributed by atoms with van der Waals surface area (Å²) >= 11 is 0. The Morgan fingerprint density at radius 1 is 1.19 bits per heavy atom. The summed E-state index contributed by atoms with van der Waals surface area (Å²) in [6.07, 6.45) is 6.77. The molecule has 2 fully saturated rings. The lowest BCUT2D eigenvalue weighted by Crippen LogP contribution is -2.46. The van der Waals surface area contributed by atoms with E-state index in [2.05, 4.69) is 10.6 Å². The zero-order valence-electron chi connectivity index (χ0n) is 13.6. The lowest BCUT2D eigenvalue weighted by atomic mass is 9.91. The second-order valence-electron chi connectivity index (χ2n) is 7.25. The average molecular weight is 298 g/mol. The molecule has 5 heteroatoms. The van der Waals surface area contributed by atoms with Gasteiger partial charge in [-0.05, 0) is 59.3 Å². The molecule has 2 N–H and O–H groups in total. The van der Waals surface area contributed by atoms with Gasteiger partial charge in [-0.3, -0.25) is 0 Å². The van der Waals surface area contributed by atoms with Gasteiger partial charge in [-0.15, -0.1) is 0 Å². The number of hydrogen-bond donors (Lipinski definition) is 2. The van der Waals surface area contributed by atoms with Gasteiger partial charge in [0, 0.05) is 25.2 Å². The minimum absolute atomic E-state index is 0.218. The number of carbonyl (C=O) groups is 1. The normalized spacial score (nSPS) is 30.1. The molecule has 1 saturated carbocycles. The van der Waals surface area contributed by atoms with E-state index in [1.54, 1.807) is 0 Å². The summed E-state index contributed by atoms with van der Waals surface area (Å²) in [7, 11) is 0. The van der Waals surface area contributed by atoms with E-state index in [1.807, 2.05) is 20.8 Å². The van der Waals surface area contributed by atoms with Crippen molar-refractivity contribution in [3.63, 3.8) is 0 Å². The first-order chi connectivity index (χ1) is 9.92. The molecule has 0 spiro atoms. The summed E-state index contributed by atoms with van der Waals surface area (Å²) < 4.78 is 11.0. The maximum atomic E-state index is 11.8. The van der Waals surface area contributed by atoms with Crippen LogP contribution < -0.4 is 10.6 Å². The van der Waals surface area contributed by atoms with Gasteiger partial charge in [0.05, 0.1) is 6.10 Å². The van der Waals surface area contributed by atoms with Crippen LogP contribution in [0.25, 0.3) is 0 Å². The predicted molar refractivity (Wildman–Crippen MR) is 82.4 cm³/mol. The largest absolute Gasteiger partial charge is 0.444 e. The van der Waals surface area contributed by atoms with Gasteiger partial charge < -0.3 is 20.1 Å². The van der Waals surface area contributed by atoms with Crippen molar-refractivity contribution in [1.82, 2.24) is 10.6 Å².